The molecule has 1 aliphatic rings. The fourth-order valence-corrected chi connectivity index (χ4v) is 2.98. The van der Waals surface area contributed by atoms with Gasteiger partial charge in [0.05, 0.1) is 0 Å². The molecule has 1 unspecified atom stereocenters. The SMILES string of the molecule is O=C(NC(CCCc1ccccc1)C(=O)NO)C1CCCC1.O=C(O)O. The molecule has 1 aromatic rings. The van der Waals surface area contributed by atoms with Crippen molar-refractivity contribution in [2.45, 2.75) is 51.0 Å². The van der Waals surface area contributed by atoms with Gasteiger partial charge in [0.2, 0.25) is 5.91 Å². The van der Waals surface area contributed by atoms with Crippen LogP contribution < -0.4 is 10.8 Å². The highest BCUT2D eigenvalue weighted by molar-refractivity contribution is 5.87. The maximum Gasteiger partial charge on any atom is 0.503 e. The lowest BCUT2D eigenvalue weighted by Gasteiger charge is -2.19. The third-order valence-electron chi connectivity index (χ3n) is 4.27. The standard InChI is InChI=1S/C17H24N2O3.CH2O3/c20-16(14-10-4-5-11-14)18-15(17(21)19-22)12-6-9-13-7-2-1-3-8-13;2-1(3)4/h1-3,7-8,14-15,22H,4-6,9-12H2,(H,18,20)(H,19,21);(H2,2,3,4). The number of carboxylic acid groups (broad SMARTS) is 2. The molecule has 2 rings (SSSR count). The van der Waals surface area contributed by atoms with Gasteiger partial charge in [-0.3, -0.25) is 14.8 Å². The first-order chi connectivity index (χ1) is 12.4. The van der Waals surface area contributed by atoms with E-state index in [0.29, 0.717) is 6.42 Å². The zero-order valence-electron chi connectivity index (χ0n) is 14.6. The maximum atomic E-state index is 12.1. The van der Waals surface area contributed by atoms with E-state index in [1.165, 1.54) is 5.56 Å². The molecule has 1 atom stereocenters. The lowest BCUT2D eigenvalue weighted by molar-refractivity contribution is -0.136. The molecule has 8 nitrogen and oxygen atoms in total. The molecule has 5 N–H and O–H groups in total. The van der Waals surface area contributed by atoms with Gasteiger partial charge in [-0.25, -0.2) is 10.3 Å². The molecule has 1 aromatic carbocycles. The monoisotopic (exact) mass is 366 g/mol. The van der Waals surface area contributed by atoms with Crippen molar-refractivity contribution < 1.29 is 29.8 Å². The predicted octanol–water partition coefficient (Wildman–Crippen LogP) is 2.41. The number of rotatable bonds is 7. The Hall–Kier alpha value is -2.61. The Kier molecular flexibility index (Phi) is 9.78. The summed E-state index contributed by atoms with van der Waals surface area (Å²) in [6.45, 7) is 0. The van der Waals surface area contributed by atoms with E-state index in [9.17, 15) is 9.59 Å². The highest BCUT2D eigenvalue weighted by Gasteiger charge is 2.27. The predicted molar refractivity (Wildman–Crippen MR) is 93.9 cm³/mol. The molecule has 1 aliphatic carbocycles. The lowest BCUT2D eigenvalue weighted by atomic mass is 10.0. The van der Waals surface area contributed by atoms with E-state index in [2.05, 4.69) is 5.32 Å². The smallest absolute Gasteiger partial charge is 0.450 e. The largest absolute Gasteiger partial charge is 0.503 e. The summed E-state index contributed by atoms with van der Waals surface area (Å²) in [5, 5.41) is 25.6. The molecule has 144 valence electrons. The molecule has 0 saturated heterocycles. The van der Waals surface area contributed by atoms with Gasteiger partial charge in [0.1, 0.15) is 6.04 Å². The molecule has 1 saturated carbocycles. The van der Waals surface area contributed by atoms with Gasteiger partial charge in [-0.1, -0.05) is 43.2 Å². The minimum atomic E-state index is -1.83. The Labute approximate surface area is 152 Å². The number of carbonyl (C=O) groups is 3. The van der Waals surface area contributed by atoms with Crippen LogP contribution in [0, 0.1) is 5.92 Å². The molecular weight excluding hydrogens is 340 g/mol. The van der Waals surface area contributed by atoms with Crippen LogP contribution in [0.3, 0.4) is 0 Å². The number of nitrogens with one attached hydrogen (secondary N) is 2. The number of carbonyl (C=O) groups excluding carboxylic acids is 2. The van der Waals surface area contributed by atoms with Gasteiger partial charge in [-0.2, -0.15) is 0 Å². The molecular formula is C18H26N2O6. The van der Waals surface area contributed by atoms with Crippen molar-refractivity contribution >= 4 is 18.0 Å². The summed E-state index contributed by atoms with van der Waals surface area (Å²) in [7, 11) is 0. The van der Waals surface area contributed by atoms with E-state index in [1.807, 2.05) is 30.3 Å². The van der Waals surface area contributed by atoms with Crippen molar-refractivity contribution in [1.29, 1.82) is 0 Å². The minimum Gasteiger partial charge on any atom is -0.450 e. The molecule has 0 heterocycles. The van der Waals surface area contributed by atoms with Crippen LogP contribution in [0.25, 0.3) is 0 Å². The molecule has 26 heavy (non-hydrogen) atoms. The van der Waals surface area contributed by atoms with Crippen molar-refractivity contribution in [1.82, 2.24) is 10.8 Å². The molecule has 8 heteroatoms. The van der Waals surface area contributed by atoms with Crippen molar-refractivity contribution in [3.8, 4) is 0 Å². The number of aryl methyl sites for hydroxylation is 1. The molecule has 0 spiro atoms. The Morgan fingerprint density at radius 1 is 1.08 bits per heavy atom. The second kappa shape index (κ2) is 11.9. The topological polar surface area (TPSA) is 136 Å². The number of hydrogen-bond donors (Lipinski definition) is 5. The van der Waals surface area contributed by atoms with Crippen LogP contribution in [0.2, 0.25) is 0 Å². The molecule has 0 aliphatic heterocycles. The van der Waals surface area contributed by atoms with E-state index in [1.54, 1.807) is 5.48 Å². The number of amides is 2. The summed E-state index contributed by atoms with van der Waals surface area (Å²) in [6.07, 6.45) is 4.22. The summed E-state index contributed by atoms with van der Waals surface area (Å²) in [5.41, 5.74) is 2.86. The van der Waals surface area contributed by atoms with Crippen molar-refractivity contribution in [3.05, 3.63) is 35.9 Å². The fraction of sp³-hybridized carbons (Fsp3) is 0.500. The highest BCUT2D eigenvalue weighted by Crippen LogP contribution is 2.24. The molecule has 0 aromatic heterocycles. The van der Waals surface area contributed by atoms with E-state index in [-0.39, 0.29) is 11.8 Å². The van der Waals surface area contributed by atoms with E-state index in [0.717, 1.165) is 38.5 Å². The third kappa shape index (κ3) is 8.48. The summed E-state index contributed by atoms with van der Waals surface area (Å²) >= 11 is 0. The Morgan fingerprint density at radius 3 is 2.19 bits per heavy atom. The van der Waals surface area contributed by atoms with Crippen LogP contribution in [0.4, 0.5) is 4.79 Å². The first-order valence-corrected chi connectivity index (χ1v) is 8.64. The van der Waals surface area contributed by atoms with Crippen molar-refractivity contribution in [2.75, 3.05) is 0 Å². The molecule has 2 amide bonds. The Balaban J connectivity index is 0.000000765. The number of hydrogen-bond acceptors (Lipinski definition) is 4. The Bertz CT molecular complexity index is 568. The van der Waals surface area contributed by atoms with Crippen LogP contribution in [0.5, 0.6) is 0 Å². The molecule has 0 bridgehead atoms. The first-order valence-electron chi connectivity index (χ1n) is 8.64. The van der Waals surface area contributed by atoms with Gasteiger partial charge in [0.15, 0.2) is 0 Å². The van der Waals surface area contributed by atoms with E-state index < -0.39 is 18.1 Å². The van der Waals surface area contributed by atoms with Gasteiger partial charge in [0, 0.05) is 5.92 Å². The maximum absolute atomic E-state index is 12.1. The van der Waals surface area contributed by atoms with Gasteiger partial charge in [0.25, 0.3) is 5.91 Å². The van der Waals surface area contributed by atoms with Crippen LogP contribution in [-0.4, -0.2) is 39.4 Å². The van der Waals surface area contributed by atoms with Crippen LogP contribution in [0.1, 0.15) is 44.1 Å². The normalized spacial score (nSPS) is 14.7. The molecule has 0 radical (unpaired) electrons. The van der Waals surface area contributed by atoms with Gasteiger partial charge in [-0.05, 0) is 37.7 Å². The third-order valence-corrected chi connectivity index (χ3v) is 4.27. The second-order valence-electron chi connectivity index (χ2n) is 6.18. The van der Waals surface area contributed by atoms with Crippen molar-refractivity contribution in [2.24, 2.45) is 5.92 Å². The summed E-state index contributed by atoms with van der Waals surface area (Å²) < 4.78 is 0. The first kappa shape index (κ1) is 21.4. The highest BCUT2D eigenvalue weighted by atomic mass is 16.6. The van der Waals surface area contributed by atoms with E-state index >= 15 is 0 Å². The average molecular weight is 366 g/mol. The van der Waals surface area contributed by atoms with Crippen LogP contribution >= 0.6 is 0 Å². The van der Waals surface area contributed by atoms with Crippen LogP contribution in [-0.2, 0) is 16.0 Å². The lowest BCUT2D eigenvalue weighted by Crippen LogP contribution is -2.47. The van der Waals surface area contributed by atoms with Gasteiger partial charge in [-0.15, -0.1) is 0 Å². The van der Waals surface area contributed by atoms with Gasteiger partial charge >= 0.3 is 6.16 Å². The van der Waals surface area contributed by atoms with Crippen LogP contribution in [0.15, 0.2) is 30.3 Å². The summed E-state index contributed by atoms with van der Waals surface area (Å²) in [6, 6.07) is 9.34. The quantitative estimate of drug-likeness (QED) is 0.371. The number of hydroxylamine groups is 1. The zero-order valence-corrected chi connectivity index (χ0v) is 14.6. The van der Waals surface area contributed by atoms with Gasteiger partial charge < -0.3 is 15.5 Å². The van der Waals surface area contributed by atoms with Crippen molar-refractivity contribution in [3.63, 3.8) is 0 Å². The summed E-state index contributed by atoms with van der Waals surface area (Å²) in [5.74, 6) is -0.590. The molecule has 1 fully saturated rings. The second-order valence-corrected chi connectivity index (χ2v) is 6.18. The van der Waals surface area contributed by atoms with E-state index in [4.69, 9.17) is 20.2 Å². The summed E-state index contributed by atoms with van der Waals surface area (Å²) in [4.78, 5) is 32.4. The minimum absolute atomic E-state index is 0.0168. The fourth-order valence-electron chi connectivity index (χ4n) is 2.98. The average Bonchev–Trinajstić information content (AvgIpc) is 3.15. The zero-order chi connectivity index (χ0) is 19.4. The Morgan fingerprint density at radius 2 is 1.65 bits per heavy atom. The number of benzene rings is 1.